The maximum atomic E-state index is 12.3. The molecule has 1 heterocycles. The molecule has 0 amide bonds. The molecule has 4 nitrogen and oxygen atoms in total. The zero-order valence-electron chi connectivity index (χ0n) is 10.4. The van der Waals surface area contributed by atoms with Gasteiger partial charge in [-0.05, 0) is 65.2 Å². The van der Waals surface area contributed by atoms with E-state index in [1.54, 1.807) is 24.3 Å². The van der Waals surface area contributed by atoms with Crippen molar-refractivity contribution in [2.75, 3.05) is 10.5 Å². The lowest BCUT2D eigenvalue weighted by atomic mass is 10.2. The molecular formula is C12H13BrN2O2S2. The summed E-state index contributed by atoms with van der Waals surface area (Å²) in [5.74, 6) is 0. The summed E-state index contributed by atoms with van der Waals surface area (Å²) in [6.07, 6.45) is 0. The van der Waals surface area contributed by atoms with Crippen molar-refractivity contribution in [3.63, 3.8) is 0 Å². The highest BCUT2D eigenvalue weighted by molar-refractivity contribution is 9.11. The standard InChI is InChI=1S/C12H13BrN2O2S2/c1-7-5-9(14)3-4-10(7)15-19(16,17)11-6-8(2)12(13)18-11/h3-6,15H,14H2,1-2H3. The van der Waals surface area contributed by atoms with E-state index in [1.165, 1.54) is 11.3 Å². The number of nitrogens with one attached hydrogen (secondary N) is 1. The van der Waals surface area contributed by atoms with E-state index in [0.29, 0.717) is 11.4 Å². The third-order valence-electron chi connectivity index (χ3n) is 2.59. The van der Waals surface area contributed by atoms with Gasteiger partial charge in [0.05, 0.1) is 9.47 Å². The second kappa shape index (κ2) is 5.15. The van der Waals surface area contributed by atoms with E-state index in [4.69, 9.17) is 5.73 Å². The van der Waals surface area contributed by atoms with Gasteiger partial charge in [-0.1, -0.05) is 0 Å². The summed E-state index contributed by atoms with van der Waals surface area (Å²) in [5.41, 5.74) is 8.48. The zero-order valence-corrected chi connectivity index (χ0v) is 13.6. The van der Waals surface area contributed by atoms with E-state index in [0.717, 1.165) is 14.9 Å². The molecule has 19 heavy (non-hydrogen) atoms. The van der Waals surface area contributed by atoms with Gasteiger partial charge in [0.15, 0.2) is 0 Å². The second-order valence-electron chi connectivity index (χ2n) is 4.20. The van der Waals surface area contributed by atoms with Crippen molar-refractivity contribution in [1.82, 2.24) is 0 Å². The molecule has 0 bridgehead atoms. The molecule has 0 unspecified atom stereocenters. The van der Waals surface area contributed by atoms with Gasteiger partial charge in [-0.2, -0.15) is 0 Å². The molecule has 102 valence electrons. The number of sulfonamides is 1. The third kappa shape index (κ3) is 3.10. The molecule has 0 spiro atoms. The van der Waals surface area contributed by atoms with Gasteiger partial charge in [-0.15, -0.1) is 11.3 Å². The third-order valence-corrected chi connectivity index (χ3v) is 6.57. The van der Waals surface area contributed by atoms with E-state index in [-0.39, 0.29) is 4.21 Å². The number of anilines is 2. The normalized spacial score (nSPS) is 11.5. The molecule has 0 aliphatic heterocycles. The van der Waals surface area contributed by atoms with Crippen LogP contribution in [0.5, 0.6) is 0 Å². The number of benzene rings is 1. The average Bonchev–Trinajstić information content (AvgIpc) is 2.64. The van der Waals surface area contributed by atoms with Gasteiger partial charge in [-0.3, -0.25) is 4.72 Å². The number of thiophene rings is 1. The molecule has 2 aromatic rings. The fourth-order valence-electron chi connectivity index (χ4n) is 1.56. The van der Waals surface area contributed by atoms with Crippen molar-refractivity contribution in [1.29, 1.82) is 0 Å². The highest BCUT2D eigenvalue weighted by atomic mass is 79.9. The molecule has 1 aromatic heterocycles. The minimum absolute atomic E-state index is 0.285. The first-order valence-electron chi connectivity index (χ1n) is 5.44. The summed E-state index contributed by atoms with van der Waals surface area (Å²) in [7, 11) is -3.55. The summed E-state index contributed by atoms with van der Waals surface area (Å²) < 4.78 is 28.2. The fraction of sp³-hybridized carbons (Fsp3) is 0.167. The molecule has 0 radical (unpaired) electrons. The molecule has 0 atom stereocenters. The first kappa shape index (κ1) is 14.4. The largest absolute Gasteiger partial charge is 0.399 e. The molecule has 0 aliphatic rings. The molecule has 1 aromatic carbocycles. The van der Waals surface area contributed by atoms with Crippen molar-refractivity contribution in [3.8, 4) is 0 Å². The maximum absolute atomic E-state index is 12.3. The molecule has 0 saturated heterocycles. The van der Waals surface area contributed by atoms with Crippen LogP contribution in [0.25, 0.3) is 0 Å². The highest BCUT2D eigenvalue weighted by Gasteiger charge is 2.19. The van der Waals surface area contributed by atoms with Crippen LogP contribution in [0.1, 0.15) is 11.1 Å². The molecule has 2 rings (SSSR count). The Balaban J connectivity index is 2.36. The van der Waals surface area contributed by atoms with Crippen molar-refractivity contribution >= 4 is 48.7 Å². The first-order chi connectivity index (χ1) is 8.79. The summed E-state index contributed by atoms with van der Waals surface area (Å²) in [4.78, 5) is 0. The van der Waals surface area contributed by atoms with Crippen molar-refractivity contribution in [3.05, 3.63) is 39.2 Å². The van der Waals surface area contributed by atoms with Crippen molar-refractivity contribution < 1.29 is 8.42 Å². The number of hydrogen-bond donors (Lipinski definition) is 2. The molecule has 7 heteroatoms. The number of hydrogen-bond acceptors (Lipinski definition) is 4. The quantitative estimate of drug-likeness (QED) is 0.822. The lowest BCUT2D eigenvalue weighted by Crippen LogP contribution is -2.12. The molecule has 0 fully saturated rings. The van der Waals surface area contributed by atoms with Gasteiger partial charge in [0, 0.05) is 5.69 Å². The van der Waals surface area contributed by atoms with Gasteiger partial charge in [-0.25, -0.2) is 8.42 Å². The van der Waals surface area contributed by atoms with Crippen LogP contribution in [0.15, 0.2) is 32.3 Å². The second-order valence-corrected chi connectivity index (χ2v) is 8.48. The van der Waals surface area contributed by atoms with Crippen LogP contribution in [0.4, 0.5) is 11.4 Å². The van der Waals surface area contributed by atoms with Gasteiger partial charge >= 0.3 is 0 Å². The minimum atomic E-state index is -3.55. The van der Waals surface area contributed by atoms with Crippen LogP contribution < -0.4 is 10.5 Å². The Morgan fingerprint density at radius 2 is 1.89 bits per heavy atom. The number of rotatable bonds is 3. The summed E-state index contributed by atoms with van der Waals surface area (Å²) >= 11 is 4.52. The molecule has 0 aliphatic carbocycles. The fourth-order valence-corrected chi connectivity index (χ4v) is 4.92. The summed E-state index contributed by atoms with van der Waals surface area (Å²) in [6, 6.07) is 6.70. The number of aryl methyl sites for hydroxylation is 2. The van der Waals surface area contributed by atoms with E-state index < -0.39 is 10.0 Å². The van der Waals surface area contributed by atoms with Crippen LogP contribution in [0.3, 0.4) is 0 Å². The van der Waals surface area contributed by atoms with E-state index in [1.807, 2.05) is 13.8 Å². The molecule has 0 saturated carbocycles. The Bertz CT molecular complexity index is 704. The maximum Gasteiger partial charge on any atom is 0.271 e. The average molecular weight is 361 g/mol. The Labute approximate surface area is 124 Å². The number of nitrogen functional groups attached to an aromatic ring is 1. The minimum Gasteiger partial charge on any atom is -0.399 e. The van der Waals surface area contributed by atoms with Gasteiger partial charge < -0.3 is 5.73 Å². The van der Waals surface area contributed by atoms with Crippen LogP contribution in [-0.4, -0.2) is 8.42 Å². The summed E-state index contributed by atoms with van der Waals surface area (Å²) in [5, 5.41) is 0. The van der Waals surface area contributed by atoms with Crippen molar-refractivity contribution in [2.45, 2.75) is 18.1 Å². The van der Waals surface area contributed by atoms with E-state index in [2.05, 4.69) is 20.7 Å². The lowest BCUT2D eigenvalue weighted by molar-refractivity contribution is 0.603. The molecular weight excluding hydrogens is 348 g/mol. The highest BCUT2D eigenvalue weighted by Crippen LogP contribution is 2.32. The predicted molar refractivity (Wildman–Crippen MR) is 83.2 cm³/mol. The Kier molecular flexibility index (Phi) is 3.89. The van der Waals surface area contributed by atoms with E-state index in [9.17, 15) is 8.42 Å². The SMILES string of the molecule is Cc1cc(N)ccc1NS(=O)(=O)c1cc(C)c(Br)s1. The topological polar surface area (TPSA) is 72.2 Å². The zero-order chi connectivity index (χ0) is 14.2. The Morgan fingerprint density at radius 3 is 2.42 bits per heavy atom. The van der Waals surface area contributed by atoms with Crippen molar-refractivity contribution in [2.24, 2.45) is 0 Å². The predicted octanol–water partition coefficient (Wildman–Crippen LogP) is 3.51. The smallest absolute Gasteiger partial charge is 0.271 e. The Morgan fingerprint density at radius 1 is 1.21 bits per heavy atom. The van der Waals surface area contributed by atoms with Gasteiger partial charge in [0.2, 0.25) is 0 Å². The van der Waals surface area contributed by atoms with Crippen LogP contribution in [0, 0.1) is 13.8 Å². The number of halogens is 1. The summed E-state index contributed by atoms with van der Waals surface area (Å²) in [6.45, 7) is 3.66. The van der Waals surface area contributed by atoms with E-state index >= 15 is 0 Å². The van der Waals surface area contributed by atoms with Gasteiger partial charge in [0.25, 0.3) is 10.0 Å². The van der Waals surface area contributed by atoms with Crippen LogP contribution in [-0.2, 0) is 10.0 Å². The monoisotopic (exact) mass is 360 g/mol. The number of nitrogens with two attached hydrogens (primary N) is 1. The lowest BCUT2D eigenvalue weighted by Gasteiger charge is -2.09. The van der Waals surface area contributed by atoms with Crippen LogP contribution >= 0.6 is 27.3 Å². The molecule has 3 N–H and O–H groups in total. The van der Waals surface area contributed by atoms with Gasteiger partial charge in [0.1, 0.15) is 4.21 Å². The van der Waals surface area contributed by atoms with Crippen LogP contribution in [0.2, 0.25) is 0 Å². The Hall–Kier alpha value is -1.05. The first-order valence-corrected chi connectivity index (χ1v) is 8.54.